The van der Waals surface area contributed by atoms with E-state index >= 15 is 0 Å². The van der Waals surface area contributed by atoms with Gasteiger partial charge in [-0.2, -0.15) is 5.10 Å². The molecule has 4 aromatic rings. The fourth-order valence-electron chi connectivity index (χ4n) is 3.57. The fraction of sp³-hybridized carbons (Fsp3) is 0.192. The van der Waals surface area contributed by atoms with Crippen molar-refractivity contribution in [3.8, 4) is 11.6 Å². The summed E-state index contributed by atoms with van der Waals surface area (Å²) in [5.74, 6) is 1.45. The normalized spacial score (nSPS) is 10.8. The van der Waals surface area contributed by atoms with Gasteiger partial charge >= 0.3 is 0 Å². The molecule has 0 unspecified atom stereocenters. The first-order valence-electron chi connectivity index (χ1n) is 10.7. The van der Waals surface area contributed by atoms with E-state index in [1.54, 1.807) is 17.1 Å². The molecule has 2 aromatic carbocycles. The Labute approximate surface area is 187 Å². The average molecular weight is 427 g/mol. The molecule has 0 fully saturated rings. The number of rotatable bonds is 8. The van der Waals surface area contributed by atoms with Gasteiger partial charge in [-0.1, -0.05) is 62.4 Å². The maximum absolute atomic E-state index is 13.1. The lowest BCUT2D eigenvalue weighted by atomic mass is 10.0. The minimum Gasteiger partial charge on any atom is -0.489 e. The van der Waals surface area contributed by atoms with Gasteiger partial charge in [-0.25, -0.2) is 9.67 Å². The third kappa shape index (κ3) is 4.86. The highest BCUT2D eigenvalue weighted by molar-refractivity contribution is 5.95. The van der Waals surface area contributed by atoms with Crippen LogP contribution in [0.4, 0.5) is 0 Å². The van der Waals surface area contributed by atoms with E-state index < -0.39 is 0 Å². The van der Waals surface area contributed by atoms with Gasteiger partial charge in [0, 0.05) is 12.7 Å². The van der Waals surface area contributed by atoms with Crippen LogP contribution in [-0.4, -0.2) is 20.7 Å². The van der Waals surface area contributed by atoms with Crippen LogP contribution >= 0.6 is 0 Å². The van der Waals surface area contributed by atoms with E-state index in [1.165, 1.54) is 0 Å². The molecule has 0 aliphatic heterocycles. The SMILES string of the molecule is CC(C)c1c(C(=O)NCc2ccccc2COc2ccccc2)cnn1-c1ccccn1. The topological polar surface area (TPSA) is 69.0 Å². The number of carbonyl (C=O) groups excluding carboxylic acids is 1. The lowest BCUT2D eigenvalue weighted by Crippen LogP contribution is -2.25. The van der Waals surface area contributed by atoms with Gasteiger partial charge in [0.05, 0.1) is 17.5 Å². The molecule has 2 heterocycles. The molecule has 0 radical (unpaired) electrons. The van der Waals surface area contributed by atoms with Crippen LogP contribution in [0.3, 0.4) is 0 Å². The van der Waals surface area contributed by atoms with Gasteiger partial charge in [0.25, 0.3) is 5.91 Å². The van der Waals surface area contributed by atoms with E-state index in [9.17, 15) is 4.79 Å². The molecule has 162 valence electrons. The molecular formula is C26H26N4O2. The van der Waals surface area contributed by atoms with Crippen molar-refractivity contribution in [2.24, 2.45) is 0 Å². The third-order valence-electron chi connectivity index (χ3n) is 5.16. The molecular weight excluding hydrogens is 400 g/mol. The first kappa shape index (κ1) is 21.3. The van der Waals surface area contributed by atoms with Crippen molar-refractivity contribution in [3.05, 3.63) is 108 Å². The molecule has 4 rings (SSSR count). The van der Waals surface area contributed by atoms with Crippen LogP contribution in [0.2, 0.25) is 0 Å². The van der Waals surface area contributed by atoms with Crippen LogP contribution in [0.15, 0.2) is 85.2 Å². The number of nitrogens with one attached hydrogen (secondary N) is 1. The zero-order valence-corrected chi connectivity index (χ0v) is 18.2. The van der Waals surface area contributed by atoms with Gasteiger partial charge in [-0.15, -0.1) is 0 Å². The molecule has 0 aliphatic carbocycles. The van der Waals surface area contributed by atoms with Gasteiger partial charge in [-0.05, 0) is 41.3 Å². The summed E-state index contributed by atoms with van der Waals surface area (Å²) in [4.78, 5) is 17.4. The van der Waals surface area contributed by atoms with Crippen molar-refractivity contribution in [2.45, 2.75) is 32.9 Å². The summed E-state index contributed by atoms with van der Waals surface area (Å²) >= 11 is 0. The van der Waals surface area contributed by atoms with E-state index in [1.807, 2.05) is 86.6 Å². The summed E-state index contributed by atoms with van der Waals surface area (Å²) in [5.41, 5.74) is 3.44. The smallest absolute Gasteiger partial charge is 0.255 e. The number of benzene rings is 2. The van der Waals surface area contributed by atoms with Crippen LogP contribution < -0.4 is 10.1 Å². The van der Waals surface area contributed by atoms with Crippen molar-refractivity contribution < 1.29 is 9.53 Å². The maximum Gasteiger partial charge on any atom is 0.255 e. The first-order chi connectivity index (χ1) is 15.6. The summed E-state index contributed by atoms with van der Waals surface area (Å²) in [5, 5.41) is 7.48. The molecule has 0 bridgehead atoms. The second-order valence-electron chi connectivity index (χ2n) is 7.75. The zero-order chi connectivity index (χ0) is 22.3. The van der Waals surface area contributed by atoms with Gasteiger partial charge in [0.1, 0.15) is 12.4 Å². The Hall–Kier alpha value is -3.93. The Morgan fingerprint density at radius 3 is 2.41 bits per heavy atom. The second kappa shape index (κ2) is 9.92. The molecule has 6 nitrogen and oxygen atoms in total. The number of pyridine rings is 1. The number of carbonyl (C=O) groups is 1. The highest BCUT2D eigenvalue weighted by atomic mass is 16.5. The highest BCUT2D eigenvalue weighted by Crippen LogP contribution is 2.22. The first-order valence-corrected chi connectivity index (χ1v) is 10.7. The highest BCUT2D eigenvalue weighted by Gasteiger charge is 2.21. The van der Waals surface area contributed by atoms with Gasteiger partial charge in [0.2, 0.25) is 0 Å². The molecule has 0 aliphatic rings. The summed E-state index contributed by atoms with van der Waals surface area (Å²) in [6.45, 7) is 4.93. The van der Waals surface area contributed by atoms with E-state index in [0.717, 1.165) is 22.6 Å². The summed E-state index contributed by atoms with van der Waals surface area (Å²) in [6, 6.07) is 23.3. The molecule has 6 heteroatoms. The fourth-order valence-corrected chi connectivity index (χ4v) is 3.57. The molecule has 2 aromatic heterocycles. The second-order valence-corrected chi connectivity index (χ2v) is 7.75. The number of amides is 1. The Morgan fingerprint density at radius 2 is 1.69 bits per heavy atom. The van der Waals surface area contributed by atoms with Gasteiger partial charge in [-0.3, -0.25) is 4.79 Å². The average Bonchev–Trinajstić information content (AvgIpc) is 3.29. The van der Waals surface area contributed by atoms with Crippen LogP contribution in [-0.2, 0) is 13.2 Å². The lowest BCUT2D eigenvalue weighted by Gasteiger charge is -2.14. The quantitative estimate of drug-likeness (QED) is 0.435. The summed E-state index contributed by atoms with van der Waals surface area (Å²) in [6.07, 6.45) is 3.33. The maximum atomic E-state index is 13.1. The van der Waals surface area contributed by atoms with Gasteiger partial charge in [0.15, 0.2) is 5.82 Å². The number of aromatic nitrogens is 3. The largest absolute Gasteiger partial charge is 0.489 e. The molecule has 0 saturated carbocycles. The summed E-state index contributed by atoms with van der Waals surface area (Å²) in [7, 11) is 0. The van der Waals surface area contributed by atoms with E-state index in [2.05, 4.69) is 15.4 Å². The molecule has 32 heavy (non-hydrogen) atoms. The minimum absolute atomic E-state index is 0.104. The number of nitrogens with zero attached hydrogens (tertiary/aromatic N) is 3. The lowest BCUT2D eigenvalue weighted by molar-refractivity contribution is 0.0949. The minimum atomic E-state index is -0.158. The predicted molar refractivity (Wildman–Crippen MR) is 124 cm³/mol. The van der Waals surface area contributed by atoms with Crippen LogP contribution in [0, 0.1) is 0 Å². The number of hydrogen-bond acceptors (Lipinski definition) is 4. The molecule has 1 N–H and O–H groups in total. The molecule has 0 atom stereocenters. The Kier molecular flexibility index (Phi) is 6.60. The Morgan fingerprint density at radius 1 is 0.969 bits per heavy atom. The van der Waals surface area contributed by atoms with Crippen molar-refractivity contribution >= 4 is 5.91 Å². The van der Waals surface area contributed by atoms with Crippen molar-refractivity contribution in [1.82, 2.24) is 20.1 Å². The third-order valence-corrected chi connectivity index (χ3v) is 5.16. The predicted octanol–water partition coefficient (Wildman–Crippen LogP) is 4.90. The summed E-state index contributed by atoms with van der Waals surface area (Å²) < 4.78 is 7.63. The molecule has 0 saturated heterocycles. The number of ether oxygens (including phenoxy) is 1. The van der Waals surface area contributed by atoms with E-state index in [0.29, 0.717) is 24.5 Å². The molecule has 1 amide bonds. The van der Waals surface area contributed by atoms with E-state index in [-0.39, 0.29) is 11.8 Å². The number of hydrogen-bond donors (Lipinski definition) is 1. The van der Waals surface area contributed by atoms with Crippen molar-refractivity contribution in [2.75, 3.05) is 0 Å². The number of para-hydroxylation sites is 1. The van der Waals surface area contributed by atoms with Crippen LogP contribution in [0.25, 0.3) is 5.82 Å². The van der Waals surface area contributed by atoms with E-state index in [4.69, 9.17) is 4.74 Å². The zero-order valence-electron chi connectivity index (χ0n) is 18.2. The van der Waals surface area contributed by atoms with Crippen molar-refractivity contribution in [1.29, 1.82) is 0 Å². The molecule has 0 spiro atoms. The standard InChI is InChI=1S/C26H26N4O2/c1-19(2)25-23(17-29-30(25)24-14-8-9-15-27-24)26(31)28-16-20-10-6-7-11-21(20)18-32-22-12-4-3-5-13-22/h3-15,17,19H,16,18H2,1-2H3,(H,28,31). The van der Waals surface area contributed by atoms with Gasteiger partial charge < -0.3 is 10.1 Å². The Bertz CT molecular complexity index is 1170. The Balaban J connectivity index is 1.48. The van der Waals surface area contributed by atoms with Crippen LogP contribution in [0.1, 0.15) is 46.9 Å². The van der Waals surface area contributed by atoms with Crippen LogP contribution in [0.5, 0.6) is 5.75 Å². The monoisotopic (exact) mass is 426 g/mol. The van der Waals surface area contributed by atoms with Crippen molar-refractivity contribution in [3.63, 3.8) is 0 Å².